The zero-order valence-corrected chi connectivity index (χ0v) is 14.8. The average molecular weight is 364 g/mol. The summed E-state index contributed by atoms with van der Waals surface area (Å²) < 4.78 is 13.2. The summed E-state index contributed by atoms with van der Waals surface area (Å²) >= 11 is 0. The van der Waals surface area contributed by atoms with Gasteiger partial charge in [-0.3, -0.25) is 9.69 Å². The number of nitrogens with one attached hydrogen (secondary N) is 1. The Labute approximate surface area is 153 Å². The first-order chi connectivity index (χ1) is 11.6. The molecule has 1 fully saturated rings. The summed E-state index contributed by atoms with van der Waals surface area (Å²) in [6.07, 6.45) is 1.62. The van der Waals surface area contributed by atoms with Gasteiger partial charge < -0.3 is 11.1 Å². The van der Waals surface area contributed by atoms with Crippen molar-refractivity contribution in [1.29, 1.82) is 0 Å². The van der Waals surface area contributed by atoms with Crippen molar-refractivity contribution in [2.24, 2.45) is 5.92 Å². The highest BCUT2D eigenvalue weighted by Crippen LogP contribution is 2.21. The summed E-state index contributed by atoms with van der Waals surface area (Å²) in [7, 11) is 0. The number of hydrogen-bond donors (Lipinski definition) is 2. The molecule has 1 aliphatic rings. The van der Waals surface area contributed by atoms with Gasteiger partial charge in [-0.05, 0) is 61.8 Å². The third-order valence-corrected chi connectivity index (χ3v) is 4.41. The van der Waals surface area contributed by atoms with E-state index in [0.29, 0.717) is 5.69 Å². The van der Waals surface area contributed by atoms with E-state index in [-0.39, 0.29) is 30.0 Å². The summed E-state index contributed by atoms with van der Waals surface area (Å²) in [6.45, 7) is 2.59. The van der Waals surface area contributed by atoms with E-state index in [0.717, 1.165) is 38.2 Å². The van der Waals surface area contributed by atoms with Gasteiger partial charge in [-0.15, -0.1) is 12.4 Å². The molecule has 2 aromatic carbocycles. The van der Waals surface area contributed by atoms with Crippen LogP contribution < -0.4 is 11.1 Å². The summed E-state index contributed by atoms with van der Waals surface area (Å²) in [5, 5.41) is 2.81. The van der Waals surface area contributed by atoms with Crippen LogP contribution in [0.3, 0.4) is 0 Å². The number of nitrogens with zero attached hydrogens (tertiary/aromatic N) is 1. The number of benzene rings is 2. The number of likely N-dealkylation sites (tertiary alicyclic amines) is 1. The van der Waals surface area contributed by atoms with Gasteiger partial charge in [0.15, 0.2) is 0 Å². The van der Waals surface area contributed by atoms with Crippen LogP contribution in [0.1, 0.15) is 18.4 Å². The van der Waals surface area contributed by atoms with E-state index >= 15 is 0 Å². The molecule has 0 spiro atoms. The lowest BCUT2D eigenvalue weighted by atomic mass is 9.95. The maximum atomic E-state index is 13.2. The van der Waals surface area contributed by atoms with Crippen LogP contribution >= 0.6 is 12.4 Å². The van der Waals surface area contributed by atoms with Crippen molar-refractivity contribution in [3.05, 3.63) is 59.9 Å². The molecule has 0 aromatic heterocycles. The lowest BCUT2D eigenvalue weighted by Crippen LogP contribution is -2.37. The molecule has 0 unspecified atom stereocenters. The monoisotopic (exact) mass is 363 g/mol. The van der Waals surface area contributed by atoms with Gasteiger partial charge in [0.05, 0.1) is 0 Å². The molecule has 134 valence electrons. The van der Waals surface area contributed by atoms with Crippen LogP contribution in [-0.2, 0) is 11.3 Å². The number of nitrogen functional groups attached to an aromatic ring is 1. The molecule has 0 aliphatic carbocycles. The maximum Gasteiger partial charge on any atom is 0.227 e. The quantitative estimate of drug-likeness (QED) is 0.815. The van der Waals surface area contributed by atoms with Crippen LogP contribution in [0.25, 0.3) is 0 Å². The normalized spacial score (nSPS) is 15.4. The molecule has 1 saturated heterocycles. The van der Waals surface area contributed by atoms with Gasteiger partial charge >= 0.3 is 0 Å². The van der Waals surface area contributed by atoms with Crippen LogP contribution in [0, 0.1) is 11.7 Å². The minimum atomic E-state index is -0.343. The third-order valence-electron chi connectivity index (χ3n) is 4.41. The van der Waals surface area contributed by atoms with Gasteiger partial charge in [0, 0.05) is 23.8 Å². The van der Waals surface area contributed by atoms with E-state index in [1.807, 2.05) is 18.2 Å². The van der Waals surface area contributed by atoms with E-state index in [1.54, 1.807) is 12.1 Å². The number of piperidine rings is 1. The van der Waals surface area contributed by atoms with Crippen LogP contribution in [0.15, 0.2) is 48.5 Å². The standard InChI is InChI=1S/C19H22FN3O.ClH/c20-16-4-2-6-18(12-16)22-19(24)15-7-9-23(10-8-15)13-14-3-1-5-17(21)11-14;/h1-6,11-12,15H,7-10,13,21H2,(H,22,24);1H. The van der Waals surface area contributed by atoms with Gasteiger partial charge in [-0.25, -0.2) is 4.39 Å². The van der Waals surface area contributed by atoms with Crippen LogP contribution in [-0.4, -0.2) is 23.9 Å². The Morgan fingerprint density at radius 1 is 1.16 bits per heavy atom. The molecule has 3 rings (SSSR count). The summed E-state index contributed by atoms with van der Waals surface area (Å²) in [6, 6.07) is 13.9. The van der Waals surface area contributed by atoms with Gasteiger partial charge in [-0.1, -0.05) is 18.2 Å². The Morgan fingerprint density at radius 3 is 2.56 bits per heavy atom. The minimum Gasteiger partial charge on any atom is -0.399 e. The topological polar surface area (TPSA) is 58.4 Å². The van der Waals surface area contributed by atoms with Gasteiger partial charge in [0.1, 0.15) is 5.82 Å². The first kappa shape index (κ1) is 19.2. The Balaban J connectivity index is 0.00000225. The number of rotatable bonds is 4. The highest BCUT2D eigenvalue weighted by Gasteiger charge is 2.25. The van der Waals surface area contributed by atoms with E-state index in [9.17, 15) is 9.18 Å². The molecule has 3 N–H and O–H groups in total. The zero-order valence-electron chi connectivity index (χ0n) is 14.0. The summed E-state index contributed by atoms with van der Waals surface area (Å²) in [4.78, 5) is 14.7. The van der Waals surface area contributed by atoms with Crippen LogP contribution in [0.5, 0.6) is 0 Å². The van der Waals surface area contributed by atoms with E-state index in [4.69, 9.17) is 5.73 Å². The summed E-state index contributed by atoms with van der Waals surface area (Å²) in [5.74, 6) is -0.390. The third kappa shape index (κ3) is 5.44. The highest BCUT2D eigenvalue weighted by molar-refractivity contribution is 5.92. The van der Waals surface area contributed by atoms with Gasteiger partial charge in [-0.2, -0.15) is 0 Å². The fourth-order valence-corrected chi connectivity index (χ4v) is 3.11. The highest BCUT2D eigenvalue weighted by atomic mass is 35.5. The molecule has 6 heteroatoms. The van der Waals surface area contributed by atoms with Crippen molar-refractivity contribution in [3.8, 4) is 0 Å². The molecule has 1 amide bonds. The minimum absolute atomic E-state index is 0. The van der Waals surface area contributed by atoms with E-state index in [2.05, 4.69) is 16.3 Å². The van der Waals surface area contributed by atoms with E-state index < -0.39 is 0 Å². The second-order valence-corrected chi connectivity index (χ2v) is 6.30. The van der Waals surface area contributed by atoms with Crippen molar-refractivity contribution in [1.82, 2.24) is 4.90 Å². The predicted octanol–water partition coefficient (Wildman–Crippen LogP) is 3.68. The SMILES string of the molecule is Cl.Nc1cccc(CN2CCC(C(=O)Nc3cccc(F)c3)CC2)c1. The van der Waals surface area contributed by atoms with Crippen molar-refractivity contribution >= 4 is 29.7 Å². The molecule has 0 radical (unpaired) electrons. The fourth-order valence-electron chi connectivity index (χ4n) is 3.11. The molecular weight excluding hydrogens is 341 g/mol. The second kappa shape index (κ2) is 8.83. The molecule has 4 nitrogen and oxygen atoms in total. The molecule has 0 bridgehead atoms. The number of anilines is 2. The molecule has 0 saturated carbocycles. The van der Waals surface area contributed by atoms with Crippen molar-refractivity contribution in [2.75, 3.05) is 24.1 Å². The number of amides is 1. The predicted molar refractivity (Wildman–Crippen MR) is 101 cm³/mol. The number of halogens is 2. The molecule has 1 heterocycles. The largest absolute Gasteiger partial charge is 0.399 e. The first-order valence-electron chi connectivity index (χ1n) is 8.23. The van der Waals surface area contributed by atoms with Crippen molar-refractivity contribution in [2.45, 2.75) is 19.4 Å². The molecule has 1 aliphatic heterocycles. The van der Waals surface area contributed by atoms with Crippen molar-refractivity contribution < 1.29 is 9.18 Å². The van der Waals surface area contributed by atoms with E-state index in [1.165, 1.54) is 17.7 Å². The second-order valence-electron chi connectivity index (χ2n) is 6.30. The maximum absolute atomic E-state index is 13.2. The molecule has 2 aromatic rings. The van der Waals surface area contributed by atoms with Crippen LogP contribution in [0.4, 0.5) is 15.8 Å². The van der Waals surface area contributed by atoms with Crippen molar-refractivity contribution in [3.63, 3.8) is 0 Å². The number of nitrogens with two attached hydrogens (primary N) is 1. The fraction of sp³-hybridized carbons (Fsp3) is 0.316. The smallest absolute Gasteiger partial charge is 0.227 e. The Morgan fingerprint density at radius 2 is 1.88 bits per heavy atom. The molecule has 0 atom stereocenters. The first-order valence-corrected chi connectivity index (χ1v) is 8.23. The lowest BCUT2D eigenvalue weighted by molar-refractivity contribution is -0.121. The molecule has 25 heavy (non-hydrogen) atoms. The molecular formula is C19H23ClFN3O. The number of carbonyl (C=O) groups is 1. The Hall–Kier alpha value is -2.11. The lowest BCUT2D eigenvalue weighted by Gasteiger charge is -2.31. The number of hydrogen-bond acceptors (Lipinski definition) is 3. The average Bonchev–Trinajstić information content (AvgIpc) is 2.55. The zero-order chi connectivity index (χ0) is 16.9. The van der Waals surface area contributed by atoms with Crippen LogP contribution in [0.2, 0.25) is 0 Å². The summed E-state index contributed by atoms with van der Waals surface area (Å²) in [5.41, 5.74) is 8.29. The van der Waals surface area contributed by atoms with Gasteiger partial charge in [0.25, 0.3) is 0 Å². The Bertz CT molecular complexity index is 717. The number of carbonyl (C=O) groups excluding carboxylic acids is 1. The van der Waals surface area contributed by atoms with Gasteiger partial charge in [0.2, 0.25) is 5.91 Å². The Kier molecular flexibility index (Phi) is 6.79.